The van der Waals surface area contributed by atoms with E-state index in [1.165, 1.54) is 0 Å². The van der Waals surface area contributed by atoms with Crippen LogP contribution in [0.1, 0.15) is 37.2 Å². The summed E-state index contributed by atoms with van der Waals surface area (Å²) in [6.07, 6.45) is 12.3. The second-order valence-electron chi connectivity index (χ2n) is 7.03. The number of aromatic nitrogens is 2. The summed E-state index contributed by atoms with van der Waals surface area (Å²) in [6.45, 7) is 3.97. The third kappa shape index (κ3) is 5.99. The van der Waals surface area contributed by atoms with Gasteiger partial charge in [-0.1, -0.05) is 45.8 Å². The van der Waals surface area contributed by atoms with Gasteiger partial charge in [-0.2, -0.15) is 0 Å². The summed E-state index contributed by atoms with van der Waals surface area (Å²) in [7, 11) is 0. The number of allylic oxidation sites excluding steroid dienone is 6. The summed E-state index contributed by atoms with van der Waals surface area (Å²) >= 11 is 3.40. The van der Waals surface area contributed by atoms with Crippen LogP contribution in [-0.2, 0) is 11.2 Å². The molecule has 0 radical (unpaired) electrons. The zero-order chi connectivity index (χ0) is 20.8. The van der Waals surface area contributed by atoms with Crippen LogP contribution in [0.2, 0.25) is 0 Å². The number of carbonyl (C=O) groups is 1. The van der Waals surface area contributed by atoms with E-state index in [9.17, 15) is 4.79 Å². The van der Waals surface area contributed by atoms with Crippen LogP contribution < -0.4 is 11.1 Å². The lowest BCUT2D eigenvalue weighted by atomic mass is 10.1. The minimum atomic E-state index is -0.134. The van der Waals surface area contributed by atoms with Gasteiger partial charge in [0.05, 0.1) is 18.3 Å². The molecule has 0 bridgehead atoms. The van der Waals surface area contributed by atoms with Gasteiger partial charge in [0.2, 0.25) is 5.91 Å². The number of amides is 1. The standard InChI is InChI=1S/C23H23BrN4O/c1-15(2)12-20-23(28-22(29)13-16-6-9-18(24)10-7-16)26-14-21(27-20)17-4-3-5-19(25)11-8-17/h3,5-12,14H,4,13,25H2,1-2H3,(H,26,28,29). The van der Waals surface area contributed by atoms with E-state index < -0.39 is 0 Å². The number of rotatable bonds is 5. The van der Waals surface area contributed by atoms with Gasteiger partial charge in [0.25, 0.3) is 0 Å². The third-order valence-electron chi connectivity index (χ3n) is 4.21. The molecule has 0 atom stereocenters. The Bertz CT molecular complexity index is 1030. The van der Waals surface area contributed by atoms with Gasteiger partial charge in [0, 0.05) is 10.2 Å². The highest BCUT2D eigenvalue weighted by Crippen LogP contribution is 2.23. The first kappa shape index (κ1) is 20.7. The summed E-state index contributed by atoms with van der Waals surface area (Å²) < 4.78 is 0.980. The Morgan fingerprint density at radius 3 is 2.72 bits per heavy atom. The third-order valence-corrected chi connectivity index (χ3v) is 4.74. The second kappa shape index (κ2) is 9.47. The first-order chi connectivity index (χ1) is 13.9. The zero-order valence-corrected chi connectivity index (χ0v) is 18.0. The Balaban J connectivity index is 1.84. The van der Waals surface area contributed by atoms with Crippen LogP contribution in [0, 0.1) is 0 Å². The molecule has 0 saturated heterocycles. The van der Waals surface area contributed by atoms with Crippen molar-refractivity contribution < 1.29 is 4.79 Å². The van der Waals surface area contributed by atoms with E-state index >= 15 is 0 Å². The van der Waals surface area contributed by atoms with Gasteiger partial charge in [-0.15, -0.1) is 0 Å². The molecule has 1 aliphatic carbocycles. The highest BCUT2D eigenvalue weighted by atomic mass is 79.9. The minimum Gasteiger partial charge on any atom is -0.399 e. The molecule has 1 aliphatic rings. The van der Waals surface area contributed by atoms with E-state index in [0.29, 0.717) is 17.2 Å². The first-order valence-electron chi connectivity index (χ1n) is 9.30. The van der Waals surface area contributed by atoms with Gasteiger partial charge in [0.1, 0.15) is 5.69 Å². The Hall–Kier alpha value is -2.99. The van der Waals surface area contributed by atoms with E-state index in [-0.39, 0.29) is 12.3 Å². The van der Waals surface area contributed by atoms with Gasteiger partial charge >= 0.3 is 0 Å². The summed E-state index contributed by atoms with van der Waals surface area (Å²) in [5.41, 5.74) is 11.0. The summed E-state index contributed by atoms with van der Waals surface area (Å²) in [5, 5.41) is 2.89. The Labute approximate surface area is 179 Å². The van der Waals surface area contributed by atoms with Crippen LogP contribution in [0.3, 0.4) is 0 Å². The number of halogens is 1. The van der Waals surface area contributed by atoms with Gasteiger partial charge < -0.3 is 11.1 Å². The van der Waals surface area contributed by atoms with Crippen molar-refractivity contribution in [2.45, 2.75) is 26.7 Å². The smallest absolute Gasteiger partial charge is 0.230 e. The normalized spacial score (nSPS) is 13.2. The van der Waals surface area contributed by atoms with Crippen molar-refractivity contribution in [3.63, 3.8) is 0 Å². The second-order valence-corrected chi connectivity index (χ2v) is 7.94. The fourth-order valence-corrected chi connectivity index (χ4v) is 3.09. The lowest BCUT2D eigenvalue weighted by Gasteiger charge is -2.11. The average molecular weight is 451 g/mol. The van der Waals surface area contributed by atoms with Crippen LogP contribution in [0.25, 0.3) is 11.6 Å². The van der Waals surface area contributed by atoms with E-state index in [2.05, 4.69) is 26.2 Å². The number of hydrogen-bond donors (Lipinski definition) is 2. The van der Waals surface area contributed by atoms with Gasteiger partial charge in [-0.05, 0) is 61.8 Å². The number of benzene rings is 1. The van der Waals surface area contributed by atoms with Crippen molar-refractivity contribution in [1.82, 2.24) is 9.97 Å². The summed E-state index contributed by atoms with van der Waals surface area (Å²) in [6, 6.07) is 7.67. The van der Waals surface area contributed by atoms with E-state index in [0.717, 1.165) is 33.3 Å². The van der Waals surface area contributed by atoms with Crippen molar-refractivity contribution in [2.24, 2.45) is 5.73 Å². The molecule has 148 valence electrons. The molecule has 0 spiro atoms. The first-order valence-corrected chi connectivity index (χ1v) is 10.1. The molecule has 2 aromatic rings. The highest BCUT2D eigenvalue weighted by Gasteiger charge is 2.12. The maximum atomic E-state index is 12.5. The molecule has 3 rings (SSSR count). The molecule has 0 aliphatic heterocycles. The summed E-state index contributed by atoms with van der Waals surface area (Å²) in [5.74, 6) is 0.321. The molecule has 1 aromatic heterocycles. The molecule has 0 fully saturated rings. The van der Waals surface area contributed by atoms with Crippen molar-refractivity contribution in [3.05, 3.63) is 87.5 Å². The van der Waals surface area contributed by atoms with Crippen molar-refractivity contribution in [1.29, 1.82) is 0 Å². The molecular weight excluding hydrogens is 428 g/mol. The topological polar surface area (TPSA) is 80.9 Å². The van der Waals surface area contributed by atoms with Gasteiger partial charge in [-0.25, -0.2) is 9.97 Å². The summed E-state index contributed by atoms with van der Waals surface area (Å²) in [4.78, 5) is 21.8. The lowest BCUT2D eigenvalue weighted by molar-refractivity contribution is -0.115. The number of nitrogens with zero attached hydrogens (tertiary/aromatic N) is 2. The fourth-order valence-electron chi connectivity index (χ4n) is 2.82. The maximum absolute atomic E-state index is 12.5. The molecule has 1 amide bonds. The molecule has 29 heavy (non-hydrogen) atoms. The lowest BCUT2D eigenvalue weighted by Crippen LogP contribution is -2.17. The van der Waals surface area contributed by atoms with E-state index in [1.807, 2.05) is 68.5 Å². The molecular formula is C23H23BrN4O. The highest BCUT2D eigenvalue weighted by molar-refractivity contribution is 9.10. The molecule has 1 aromatic carbocycles. The number of anilines is 1. The molecule has 0 unspecified atom stereocenters. The molecule has 1 heterocycles. The van der Waals surface area contributed by atoms with Crippen molar-refractivity contribution in [3.8, 4) is 0 Å². The van der Waals surface area contributed by atoms with Gasteiger partial charge in [-0.3, -0.25) is 4.79 Å². The van der Waals surface area contributed by atoms with Crippen molar-refractivity contribution in [2.75, 3.05) is 5.32 Å². The van der Waals surface area contributed by atoms with Crippen LogP contribution in [0.15, 0.2) is 70.5 Å². The molecule has 3 N–H and O–H groups in total. The average Bonchev–Trinajstić information content (AvgIpc) is 2.89. The fraction of sp³-hybridized carbons (Fsp3) is 0.174. The Kier molecular flexibility index (Phi) is 6.77. The van der Waals surface area contributed by atoms with Crippen LogP contribution in [-0.4, -0.2) is 15.9 Å². The monoisotopic (exact) mass is 450 g/mol. The zero-order valence-electron chi connectivity index (χ0n) is 16.4. The predicted octanol–water partition coefficient (Wildman–Crippen LogP) is 5.03. The minimum absolute atomic E-state index is 0.134. The molecule has 0 saturated carbocycles. The largest absolute Gasteiger partial charge is 0.399 e. The molecule has 6 heteroatoms. The van der Waals surface area contributed by atoms with Crippen molar-refractivity contribution >= 4 is 39.3 Å². The van der Waals surface area contributed by atoms with Crippen LogP contribution in [0.5, 0.6) is 0 Å². The Morgan fingerprint density at radius 2 is 2.00 bits per heavy atom. The van der Waals surface area contributed by atoms with Crippen LogP contribution >= 0.6 is 15.9 Å². The SMILES string of the molecule is CC(C)=Cc1nc(C2=CC=C(N)C=CC2)cnc1NC(=O)Cc1ccc(Br)cc1. The molecule has 5 nitrogen and oxygen atoms in total. The number of nitrogens with one attached hydrogen (secondary N) is 1. The Morgan fingerprint density at radius 1 is 1.24 bits per heavy atom. The van der Waals surface area contributed by atoms with E-state index in [1.54, 1.807) is 6.20 Å². The maximum Gasteiger partial charge on any atom is 0.230 e. The predicted molar refractivity (Wildman–Crippen MR) is 122 cm³/mol. The quantitative estimate of drug-likeness (QED) is 0.668. The van der Waals surface area contributed by atoms with Gasteiger partial charge in [0.15, 0.2) is 5.82 Å². The number of nitrogens with two attached hydrogens (primary N) is 1. The van der Waals surface area contributed by atoms with E-state index in [4.69, 9.17) is 10.7 Å². The number of carbonyl (C=O) groups excluding carboxylic acids is 1. The number of hydrogen-bond acceptors (Lipinski definition) is 4. The van der Waals surface area contributed by atoms with Crippen LogP contribution in [0.4, 0.5) is 5.82 Å².